The maximum absolute atomic E-state index is 12.7. The monoisotopic (exact) mass is 485 g/mol. The summed E-state index contributed by atoms with van der Waals surface area (Å²) in [5.74, 6) is -0.287. The Balaban J connectivity index is 1.74. The molecule has 0 aliphatic heterocycles. The van der Waals surface area contributed by atoms with E-state index in [9.17, 15) is 4.79 Å². The molecule has 4 rings (SSSR count). The first kappa shape index (κ1) is 25.0. The van der Waals surface area contributed by atoms with Crippen molar-refractivity contribution in [1.29, 1.82) is 0 Å². The average Bonchev–Trinajstić information content (AvgIpc) is 2.83. The molecular weight excluding hydrogens is 454 g/mol. The van der Waals surface area contributed by atoms with Crippen molar-refractivity contribution in [2.24, 2.45) is 0 Å². The van der Waals surface area contributed by atoms with Gasteiger partial charge in [-0.05, 0) is 104 Å². The zero-order valence-electron chi connectivity index (χ0n) is 20.9. The number of rotatable bonds is 7. The van der Waals surface area contributed by atoms with E-state index in [1.165, 1.54) is 5.56 Å². The van der Waals surface area contributed by atoms with Crippen molar-refractivity contribution in [3.05, 3.63) is 106 Å². The van der Waals surface area contributed by atoms with Crippen LogP contribution in [0.15, 0.2) is 78.9 Å². The maximum atomic E-state index is 12.7. The van der Waals surface area contributed by atoms with Crippen LogP contribution < -0.4 is 5.32 Å². The van der Waals surface area contributed by atoms with Crippen LogP contribution in [0.4, 0.5) is 0 Å². The van der Waals surface area contributed by atoms with Gasteiger partial charge in [-0.15, -0.1) is 0 Å². The van der Waals surface area contributed by atoms with Gasteiger partial charge in [0, 0.05) is 17.1 Å². The lowest BCUT2D eigenvalue weighted by molar-refractivity contribution is 0.0377. The van der Waals surface area contributed by atoms with Crippen LogP contribution in [0.3, 0.4) is 0 Å². The number of aryl methyl sites for hydroxylation is 1. The summed E-state index contributed by atoms with van der Waals surface area (Å²) in [7, 11) is 0. The lowest BCUT2D eigenvalue weighted by Gasteiger charge is -2.22. The lowest BCUT2D eigenvalue weighted by Crippen LogP contribution is -2.22. The van der Waals surface area contributed by atoms with Gasteiger partial charge >= 0.3 is 5.97 Å². The first-order valence-electron chi connectivity index (χ1n) is 12.1. The van der Waals surface area contributed by atoms with Gasteiger partial charge in [0.15, 0.2) is 0 Å². The van der Waals surface area contributed by atoms with Gasteiger partial charge in [-0.25, -0.2) is 4.79 Å². The average molecular weight is 486 g/mol. The molecule has 0 saturated carbocycles. The number of hydrogen-bond donors (Lipinski definition) is 1. The Morgan fingerprint density at radius 2 is 1.57 bits per heavy atom. The number of hydrogen-bond acceptors (Lipinski definition) is 3. The minimum Gasteiger partial charge on any atom is -0.459 e. The lowest BCUT2D eigenvalue weighted by atomic mass is 9.91. The molecule has 1 N–H and O–H groups in total. The molecule has 4 heteroatoms. The zero-order valence-corrected chi connectivity index (χ0v) is 21.7. The first-order valence-corrected chi connectivity index (χ1v) is 12.5. The van der Waals surface area contributed by atoms with Crippen LogP contribution in [0, 0.1) is 6.92 Å². The van der Waals surface area contributed by atoms with E-state index in [1.807, 2.05) is 51.1 Å². The summed E-state index contributed by atoms with van der Waals surface area (Å²) in [6.07, 6.45) is -0.164. The molecule has 0 aliphatic carbocycles. The molecule has 0 aromatic heterocycles. The number of halogens is 1. The van der Waals surface area contributed by atoms with E-state index in [2.05, 4.69) is 67.7 Å². The van der Waals surface area contributed by atoms with Crippen molar-refractivity contribution < 1.29 is 9.53 Å². The molecule has 0 saturated heterocycles. The number of benzene rings is 4. The number of esters is 1. The molecule has 180 valence electrons. The molecule has 0 spiro atoms. The molecule has 4 aromatic rings. The summed E-state index contributed by atoms with van der Waals surface area (Å²) < 4.78 is 5.49. The second-order valence-corrected chi connectivity index (χ2v) is 9.87. The van der Waals surface area contributed by atoms with Gasteiger partial charge in [0.25, 0.3) is 0 Å². The summed E-state index contributed by atoms with van der Waals surface area (Å²) in [5, 5.41) is 6.76. The van der Waals surface area contributed by atoms with E-state index in [-0.39, 0.29) is 24.2 Å². The van der Waals surface area contributed by atoms with Crippen molar-refractivity contribution in [2.75, 3.05) is 0 Å². The van der Waals surface area contributed by atoms with Crippen molar-refractivity contribution in [1.82, 2.24) is 5.32 Å². The molecule has 0 bridgehead atoms. The number of carbonyl (C=O) groups is 1. The van der Waals surface area contributed by atoms with Gasteiger partial charge in [0.2, 0.25) is 0 Å². The quantitative estimate of drug-likeness (QED) is 0.267. The van der Waals surface area contributed by atoms with Gasteiger partial charge in [-0.3, -0.25) is 0 Å². The summed E-state index contributed by atoms with van der Waals surface area (Å²) in [4.78, 5) is 12.7. The number of nitrogens with one attached hydrogen (secondary N) is 1. The van der Waals surface area contributed by atoms with Crippen LogP contribution in [0.5, 0.6) is 0 Å². The molecule has 3 nitrogen and oxygen atoms in total. The van der Waals surface area contributed by atoms with Crippen molar-refractivity contribution in [2.45, 2.75) is 52.8 Å². The summed E-state index contributed by atoms with van der Waals surface area (Å²) in [5.41, 5.74) is 5.94. The fraction of sp³-hybridized carbons (Fsp3) is 0.258. The van der Waals surface area contributed by atoms with Crippen LogP contribution in [-0.4, -0.2) is 12.1 Å². The predicted octanol–water partition coefficient (Wildman–Crippen LogP) is 8.45. The van der Waals surface area contributed by atoms with E-state index in [1.54, 1.807) is 0 Å². The number of fused-ring (bicyclic) bond motifs is 1. The first-order chi connectivity index (χ1) is 16.7. The third-order valence-corrected chi connectivity index (χ3v) is 6.58. The van der Waals surface area contributed by atoms with Gasteiger partial charge in [0.1, 0.15) is 0 Å². The highest BCUT2D eigenvalue weighted by atomic mass is 35.5. The molecule has 0 heterocycles. The van der Waals surface area contributed by atoms with Crippen molar-refractivity contribution >= 4 is 28.3 Å². The second-order valence-electron chi connectivity index (χ2n) is 9.44. The normalized spacial score (nSPS) is 13.1. The highest BCUT2D eigenvalue weighted by Crippen LogP contribution is 2.34. The van der Waals surface area contributed by atoms with Crippen molar-refractivity contribution in [3.8, 4) is 11.1 Å². The van der Waals surface area contributed by atoms with Crippen LogP contribution in [0.25, 0.3) is 21.9 Å². The number of ether oxygens (including phenoxy) is 1. The summed E-state index contributed by atoms with van der Waals surface area (Å²) in [6, 6.07) is 27.1. The van der Waals surface area contributed by atoms with E-state index >= 15 is 0 Å². The Kier molecular flexibility index (Phi) is 7.59. The third-order valence-electron chi connectivity index (χ3n) is 6.34. The van der Waals surface area contributed by atoms with Gasteiger partial charge in [-0.1, -0.05) is 60.1 Å². The smallest absolute Gasteiger partial charge is 0.338 e. The molecule has 0 fully saturated rings. The molecule has 0 amide bonds. The Bertz CT molecular complexity index is 1360. The maximum Gasteiger partial charge on any atom is 0.338 e. The minimum absolute atomic E-state index is 0.100. The van der Waals surface area contributed by atoms with Gasteiger partial charge in [0.05, 0.1) is 11.7 Å². The van der Waals surface area contributed by atoms with Crippen LogP contribution in [-0.2, 0) is 4.74 Å². The highest BCUT2D eigenvalue weighted by Gasteiger charge is 2.17. The van der Waals surface area contributed by atoms with Crippen LogP contribution >= 0.6 is 11.6 Å². The SMILES string of the molecule is Cc1ccc(-c2cc(C(C)N[C@H](C)c3cccc(Cl)c3)cc3ccccc23)cc1C(=O)OC(C)C. The van der Waals surface area contributed by atoms with E-state index in [0.717, 1.165) is 38.0 Å². The second kappa shape index (κ2) is 10.6. The molecule has 0 radical (unpaired) electrons. The molecule has 35 heavy (non-hydrogen) atoms. The topological polar surface area (TPSA) is 38.3 Å². The third kappa shape index (κ3) is 5.75. The Morgan fingerprint density at radius 3 is 2.31 bits per heavy atom. The highest BCUT2D eigenvalue weighted by molar-refractivity contribution is 6.30. The predicted molar refractivity (Wildman–Crippen MR) is 146 cm³/mol. The van der Waals surface area contributed by atoms with Gasteiger partial charge in [-0.2, -0.15) is 0 Å². The largest absolute Gasteiger partial charge is 0.459 e. The Hall–Kier alpha value is -3.14. The zero-order chi connectivity index (χ0) is 25.1. The van der Waals surface area contributed by atoms with Crippen LogP contribution in [0.2, 0.25) is 5.02 Å². The number of carbonyl (C=O) groups excluding carboxylic acids is 1. The van der Waals surface area contributed by atoms with Crippen LogP contribution in [0.1, 0.15) is 66.8 Å². The summed E-state index contributed by atoms with van der Waals surface area (Å²) in [6.45, 7) is 10.0. The molecule has 1 unspecified atom stereocenters. The Morgan fingerprint density at radius 1 is 0.829 bits per heavy atom. The molecule has 0 aliphatic rings. The van der Waals surface area contributed by atoms with Crippen molar-refractivity contribution in [3.63, 3.8) is 0 Å². The summed E-state index contributed by atoms with van der Waals surface area (Å²) >= 11 is 6.21. The van der Waals surface area contributed by atoms with E-state index < -0.39 is 0 Å². The van der Waals surface area contributed by atoms with E-state index in [4.69, 9.17) is 16.3 Å². The molecular formula is C31H32ClNO2. The molecule has 4 aromatic carbocycles. The van der Waals surface area contributed by atoms with E-state index in [0.29, 0.717) is 5.56 Å². The Labute approximate surface area is 213 Å². The minimum atomic E-state index is -0.287. The molecule has 2 atom stereocenters. The fourth-order valence-electron chi connectivity index (χ4n) is 4.45. The fourth-order valence-corrected chi connectivity index (χ4v) is 4.65. The standard InChI is InChI=1S/C31H32ClNO2/c1-19(2)35-31(34)29-17-25(14-13-20(29)3)30-18-26(15-24-9-6-7-12-28(24)30)22(5)33-21(4)23-10-8-11-27(32)16-23/h6-19,21-22,33H,1-5H3/t21-,22?/m1/s1. The van der Waals surface area contributed by atoms with Gasteiger partial charge < -0.3 is 10.1 Å².